The Bertz CT molecular complexity index is 728. The van der Waals surface area contributed by atoms with Gasteiger partial charge in [0.05, 0.1) is 0 Å². The molecular weight excluding hydrogens is 203 g/mol. The second-order valence-electron chi connectivity index (χ2n) is 4.48. The lowest BCUT2D eigenvalue weighted by molar-refractivity contribution is 1.73. The summed E-state index contributed by atoms with van der Waals surface area (Å²) in [5, 5.41) is 2.67. The van der Waals surface area contributed by atoms with Crippen LogP contribution in [0.25, 0.3) is 21.9 Å². The predicted octanol–water partition coefficient (Wildman–Crippen LogP) is 2.48. The third-order valence-corrected chi connectivity index (χ3v) is 3.50. The molecule has 0 amide bonds. The lowest BCUT2D eigenvalue weighted by Gasteiger charge is -2.06. The van der Waals surface area contributed by atoms with Crippen molar-refractivity contribution in [3.05, 3.63) is 60.7 Å². The minimum absolute atomic E-state index is 1.32. The summed E-state index contributed by atoms with van der Waals surface area (Å²) in [6.45, 7) is 0. The van der Waals surface area contributed by atoms with Crippen LogP contribution < -0.4 is 10.9 Å². The molecule has 0 bridgehead atoms. The summed E-state index contributed by atoms with van der Waals surface area (Å²) in [5.41, 5.74) is 5.42. The van der Waals surface area contributed by atoms with E-state index in [1.165, 1.54) is 32.8 Å². The Morgan fingerprint density at radius 2 is 1.47 bits per heavy atom. The summed E-state index contributed by atoms with van der Waals surface area (Å²) in [6, 6.07) is 21.6. The van der Waals surface area contributed by atoms with Crippen LogP contribution in [-0.2, 0) is 0 Å². The molecule has 77 valence electrons. The second-order valence-corrected chi connectivity index (χ2v) is 4.48. The monoisotopic (exact) mass is 213 g/mol. The van der Waals surface area contributed by atoms with Gasteiger partial charge in [-0.25, -0.2) is 0 Å². The molecule has 1 aliphatic rings. The van der Waals surface area contributed by atoms with Gasteiger partial charge in [-0.2, -0.15) is 0 Å². The van der Waals surface area contributed by atoms with Gasteiger partial charge in [0, 0.05) is 0 Å². The first-order valence-corrected chi connectivity index (χ1v) is 5.89. The largest absolute Gasteiger partial charge is 0.193 e. The third-order valence-electron chi connectivity index (χ3n) is 3.50. The molecule has 1 heteroatoms. The van der Waals surface area contributed by atoms with Gasteiger partial charge in [-0.1, -0.05) is 71.6 Å². The van der Waals surface area contributed by atoms with Crippen LogP contribution >= 0.6 is 0 Å². The Morgan fingerprint density at radius 3 is 2.47 bits per heavy atom. The topological polar surface area (TPSA) is 0 Å². The first kappa shape index (κ1) is 9.06. The maximum absolute atomic E-state index is 2.27. The fourth-order valence-corrected chi connectivity index (χ4v) is 2.73. The zero-order valence-corrected chi connectivity index (χ0v) is 9.35. The standard InChI is InChI=1S/C16H10B/c1-2-6-12-11(5-1)9-10-15-16(12)13-7-3-4-8-14(13)17-15/h1-10H. The van der Waals surface area contributed by atoms with Crippen LogP contribution in [-0.4, -0.2) is 7.28 Å². The fourth-order valence-electron chi connectivity index (χ4n) is 2.73. The van der Waals surface area contributed by atoms with Crippen LogP contribution in [0, 0.1) is 0 Å². The summed E-state index contributed by atoms with van der Waals surface area (Å²) in [5.74, 6) is 0. The highest BCUT2D eigenvalue weighted by molar-refractivity contribution is 6.74. The quantitative estimate of drug-likeness (QED) is 0.393. The van der Waals surface area contributed by atoms with Crippen molar-refractivity contribution >= 4 is 29.0 Å². The Balaban J connectivity index is 2.17. The minimum Gasteiger partial charge on any atom is -0.0737 e. The van der Waals surface area contributed by atoms with Gasteiger partial charge in [0.2, 0.25) is 0 Å². The normalized spacial score (nSPS) is 12.0. The van der Waals surface area contributed by atoms with E-state index in [9.17, 15) is 0 Å². The van der Waals surface area contributed by atoms with Crippen LogP contribution in [0.5, 0.6) is 0 Å². The van der Waals surface area contributed by atoms with E-state index >= 15 is 0 Å². The number of fused-ring (bicyclic) bond motifs is 5. The molecule has 0 atom stereocenters. The van der Waals surface area contributed by atoms with Crippen molar-refractivity contribution in [3.8, 4) is 11.1 Å². The molecule has 17 heavy (non-hydrogen) atoms. The van der Waals surface area contributed by atoms with Gasteiger partial charge in [0.1, 0.15) is 0 Å². The van der Waals surface area contributed by atoms with Crippen LogP contribution in [0.4, 0.5) is 0 Å². The Labute approximate surface area is 101 Å². The van der Waals surface area contributed by atoms with Gasteiger partial charge in [0.15, 0.2) is 7.28 Å². The van der Waals surface area contributed by atoms with E-state index in [-0.39, 0.29) is 0 Å². The molecule has 1 heterocycles. The summed E-state index contributed by atoms with van der Waals surface area (Å²) in [4.78, 5) is 0. The number of hydrogen-bond donors (Lipinski definition) is 0. The molecule has 0 spiro atoms. The number of hydrogen-bond acceptors (Lipinski definition) is 0. The average Bonchev–Trinajstić information content (AvgIpc) is 2.77. The smallest absolute Gasteiger partial charge is 0.0737 e. The number of rotatable bonds is 0. The summed E-state index contributed by atoms with van der Waals surface area (Å²) in [6.07, 6.45) is 0. The van der Waals surface area contributed by atoms with Crippen molar-refractivity contribution in [2.24, 2.45) is 0 Å². The van der Waals surface area contributed by atoms with Gasteiger partial charge in [-0.3, -0.25) is 0 Å². The molecule has 3 aromatic carbocycles. The van der Waals surface area contributed by atoms with Crippen molar-refractivity contribution in [1.29, 1.82) is 0 Å². The molecule has 0 fully saturated rings. The highest BCUT2D eigenvalue weighted by atomic mass is 14.1. The zero-order valence-electron chi connectivity index (χ0n) is 9.35. The van der Waals surface area contributed by atoms with Crippen molar-refractivity contribution < 1.29 is 0 Å². The summed E-state index contributed by atoms with van der Waals surface area (Å²) >= 11 is 0. The van der Waals surface area contributed by atoms with Gasteiger partial charge >= 0.3 is 0 Å². The van der Waals surface area contributed by atoms with Gasteiger partial charge in [0.25, 0.3) is 0 Å². The van der Waals surface area contributed by atoms with Crippen molar-refractivity contribution in [2.75, 3.05) is 0 Å². The van der Waals surface area contributed by atoms with Crippen molar-refractivity contribution in [3.63, 3.8) is 0 Å². The van der Waals surface area contributed by atoms with E-state index in [1.807, 2.05) is 0 Å². The minimum atomic E-state index is 1.32. The van der Waals surface area contributed by atoms with Gasteiger partial charge in [-0.05, 0) is 21.9 Å². The predicted molar refractivity (Wildman–Crippen MR) is 74.4 cm³/mol. The highest BCUT2D eigenvalue weighted by Gasteiger charge is 2.20. The summed E-state index contributed by atoms with van der Waals surface area (Å²) in [7, 11) is 2.27. The van der Waals surface area contributed by atoms with Crippen molar-refractivity contribution in [1.82, 2.24) is 0 Å². The molecule has 0 saturated carbocycles. The van der Waals surface area contributed by atoms with E-state index in [4.69, 9.17) is 0 Å². The maximum Gasteiger partial charge on any atom is 0.193 e. The second kappa shape index (κ2) is 3.24. The van der Waals surface area contributed by atoms with E-state index < -0.39 is 0 Å². The number of benzene rings is 3. The Morgan fingerprint density at radius 1 is 0.647 bits per heavy atom. The van der Waals surface area contributed by atoms with Gasteiger partial charge in [-0.15, -0.1) is 0 Å². The first-order valence-electron chi connectivity index (χ1n) is 5.89. The van der Waals surface area contributed by atoms with E-state index in [0.29, 0.717) is 0 Å². The van der Waals surface area contributed by atoms with E-state index in [0.717, 1.165) is 0 Å². The molecular formula is C16H10B. The third kappa shape index (κ3) is 1.20. The SMILES string of the molecule is [B]1c2ccccc2-c2c1ccc1ccccc21. The highest BCUT2D eigenvalue weighted by Crippen LogP contribution is 2.28. The Hall–Kier alpha value is -2.02. The fraction of sp³-hybridized carbons (Fsp3) is 0. The molecule has 3 aromatic rings. The maximum atomic E-state index is 2.27. The first-order chi connectivity index (χ1) is 8.43. The van der Waals surface area contributed by atoms with Crippen LogP contribution in [0.2, 0.25) is 0 Å². The average molecular weight is 213 g/mol. The molecule has 0 saturated heterocycles. The molecule has 0 aromatic heterocycles. The molecule has 0 nitrogen and oxygen atoms in total. The summed E-state index contributed by atoms with van der Waals surface area (Å²) < 4.78 is 0. The molecule has 1 radical (unpaired) electrons. The molecule has 4 rings (SSSR count). The van der Waals surface area contributed by atoms with Crippen LogP contribution in [0.15, 0.2) is 60.7 Å². The van der Waals surface area contributed by atoms with Crippen LogP contribution in [0.1, 0.15) is 0 Å². The zero-order chi connectivity index (χ0) is 11.2. The molecule has 0 aliphatic carbocycles. The lowest BCUT2D eigenvalue weighted by Crippen LogP contribution is -2.20. The Kier molecular flexibility index (Phi) is 1.73. The van der Waals surface area contributed by atoms with E-state index in [1.54, 1.807) is 0 Å². The molecule has 0 N–H and O–H groups in total. The van der Waals surface area contributed by atoms with E-state index in [2.05, 4.69) is 67.9 Å². The lowest BCUT2D eigenvalue weighted by atomic mass is 9.68. The van der Waals surface area contributed by atoms with Crippen molar-refractivity contribution in [2.45, 2.75) is 0 Å². The van der Waals surface area contributed by atoms with Crippen LogP contribution in [0.3, 0.4) is 0 Å². The van der Waals surface area contributed by atoms with Gasteiger partial charge < -0.3 is 0 Å². The molecule has 0 unspecified atom stereocenters. The molecule has 1 aliphatic heterocycles.